The van der Waals surface area contributed by atoms with E-state index in [9.17, 15) is 19.2 Å². The van der Waals surface area contributed by atoms with E-state index in [4.69, 9.17) is 16.6 Å². The molecule has 26 heavy (non-hydrogen) atoms. The van der Waals surface area contributed by atoms with E-state index in [2.05, 4.69) is 16.0 Å². The fourth-order valence-corrected chi connectivity index (χ4v) is 2.07. The monoisotopic (exact) mass is 373 g/mol. The van der Waals surface area contributed by atoms with Gasteiger partial charge in [0.2, 0.25) is 17.7 Å². The smallest absolute Gasteiger partial charge is 0.325 e. The highest BCUT2D eigenvalue weighted by atomic mass is 16.4. The van der Waals surface area contributed by atoms with Gasteiger partial charge in [-0.25, -0.2) is 0 Å². The molecule has 150 valence electrons. The van der Waals surface area contributed by atoms with Crippen LogP contribution in [0.25, 0.3) is 0 Å². The maximum absolute atomic E-state index is 12.2. The number of carboxylic acids is 1. The van der Waals surface area contributed by atoms with Crippen LogP contribution in [0.4, 0.5) is 0 Å². The molecule has 0 rings (SSSR count). The molecule has 0 saturated carbocycles. The molecule has 0 aromatic heterocycles. The number of nitrogens with two attached hydrogens (primary N) is 2. The van der Waals surface area contributed by atoms with E-state index in [1.165, 1.54) is 6.92 Å². The van der Waals surface area contributed by atoms with Crippen LogP contribution in [0.1, 0.15) is 40.0 Å². The summed E-state index contributed by atoms with van der Waals surface area (Å²) in [6.07, 6.45) is 1.94. The number of nitrogens with one attached hydrogen (secondary N) is 3. The molecule has 0 aliphatic heterocycles. The Kier molecular flexibility index (Phi) is 11.2. The van der Waals surface area contributed by atoms with E-state index < -0.39 is 48.4 Å². The van der Waals surface area contributed by atoms with Crippen molar-refractivity contribution in [1.29, 1.82) is 0 Å². The molecule has 3 amide bonds. The summed E-state index contributed by atoms with van der Waals surface area (Å²) in [5.74, 6) is -3.03. The van der Waals surface area contributed by atoms with Crippen molar-refractivity contribution in [3.8, 4) is 0 Å². The average Bonchev–Trinajstić information content (AvgIpc) is 2.56. The molecule has 10 heteroatoms. The quantitative estimate of drug-likeness (QED) is 0.221. The van der Waals surface area contributed by atoms with Gasteiger partial charge in [-0.1, -0.05) is 20.3 Å². The first kappa shape index (κ1) is 23.8. The van der Waals surface area contributed by atoms with Crippen LogP contribution in [-0.4, -0.2) is 60.0 Å². The lowest BCUT2D eigenvalue weighted by atomic mass is 10.0. The van der Waals surface area contributed by atoms with Gasteiger partial charge in [-0.15, -0.1) is 0 Å². The maximum atomic E-state index is 12.2. The van der Waals surface area contributed by atoms with Gasteiger partial charge in [0.15, 0.2) is 0 Å². The third-order valence-electron chi connectivity index (χ3n) is 3.72. The minimum absolute atomic E-state index is 0.226. The minimum Gasteiger partial charge on any atom is -0.480 e. The zero-order valence-corrected chi connectivity index (χ0v) is 15.6. The third-order valence-corrected chi connectivity index (χ3v) is 3.72. The first-order valence-electron chi connectivity index (χ1n) is 8.66. The number of unbranched alkanes of at least 4 members (excludes halogenated alkanes) is 1. The second-order valence-electron chi connectivity index (χ2n) is 6.47. The van der Waals surface area contributed by atoms with E-state index >= 15 is 0 Å². The summed E-state index contributed by atoms with van der Waals surface area (Å²) in [5, 5.41) is 15.9. The Balaban J connectivity index is 4.55. The third kappa shape index (κ3) is 9.33. The van der Waals surface area contributed by atoms with Gasteiger partial charge in [0, 0.05) is 0 Å². The summed E-state index contributed by atoms with van der Waals surface area (Å²) in [4.78, 5) is 46.7. The van der Waals surface area contributed by atoms with Gasteiger partial charge in [-0.2, -0.15) is 0 Å². The molecule has 0 saturated heterocycles. The summed E-state index contributed by atoms with van der Waals surface area (Å²) >= 11 is 0. The summed E-state index contributed by atoms with van der Waals surface area (Å²) < 4.78 is 0. The van der Waals surface area contributed by atoms with Crippen molar-refractivity contribution in [3.05, 3.63) is 0 Å². The van der Waals surface area contributed by atoms with Crippen LogP contribution in [0, 0.1) is 5.92 Å². The Bertz CT molecular complexity index is 497. The average molecular weight is 373 g/mol. The number of carboxylic acid groups (broad SMARTS) is 1. The standard InChI is InChI=1S/C16H31N5O5/c1-9(2)13(21-14(23)11(18)6-4-5-7-17)15(24)19-8-12(22)20-10(3)16(25)26/h9-11,13H,4-8,17-18H2,1-3H3,(H,19,24)(H,20,22)(H,21,23)(H,25,26). The highest BCUT2D eigenvalue weighted by Gasteiger charge is 2.26. The topological polar surface area (TPSA) is 177 Å². The predicted molar refractivity (Wildman–Crippen MR) is 95.9 cm³/mol. The van der Waals surface area contributed by atoms with E-state index in [0.29, 0.717) is 19.4 Å². The van der Waals surface area contributed by atoms with Gasteiger partial charge in [-0.3, -0.25) is 19.2 Å². The zero-order chi connectivity index (χ0) is 20.3. The fourth-order valence-electron chi connectivity index (χ4n) is 2.07. The maximum Gasteiger partial charge on any atom is 0.325 e. The van der Waals surface area contributed by atoms with Crippen molar-refractivity contribution in [1.82, 2.24) is 16.0 Å². The Morgan fingerprint density at radius 3 is 2.12 bits per heavy atom. The Morgan fingerprint density at radius 1 is 1.00 bits per heavy atom. The van der Waals surface area contributed by atoms with Crippen LogP contribution in [0.15, 0.2) is 0 Å². The second-order valence-corrected chi connectivity index (χ2v) is 6.47. The molecule has 0 bridgehead atoms. The highest BCUT2D eigenvalue weighted by Crippen LogP contribution is 2.04. The fraction of sp³-hybridized carbons (Fsp3) is 0.750. The summed E-state index contributed by atoms with van der Waals surface area (Å²) in [6, 6.07) is -2.66. The second kappa shape index (κ2) is 12.2. The van der Waals surface area contributed by atoms with Crippen molar-refractivity contribution >= 4 is 23.7 Å². The van der Waals surface area contributed by atoms with Crippen molar-refractivity contribution < 1.29 is 24.3 Å². The lowest BCUT2D eigenvalue weighted by molar-refractivity contribution is -0.141. The SMILES string of the molecule is CC(NC(=O)CNC(=O)C(NC(=O)C(N)CCCCN)C(C)C)C(=O)O. The molecule has 3 unspecified atom stereocenters. The molecule has 3 atom stereocenters. The van der Waals surface area contributed by atoms with Crippen molar-refractivity contribution in [2.24, 2.45) is 17.4 Å². The van der Waals surface area contributed by atoms with Crippen molar-refractivity contribution in [3.63, 3.8) is 0 Å². The summed E-state index contributed by atoms with van der Waals surface area (Å²) in [7, 11) is 0. The summed E-state index contributed by atoms with van der Waals surface area (Å²) in [5.41, 5.74) is 11.2. The van der Waals surface area contributed by atoms with E-state index in [-0.39, 0.29) is 5.92 Å². The lowest BCUT2D eigenvalue weighted by Crippen LogP contribution is -2.55. The molecule has 0 radical (unpaired) electrons. The Labute approximate surface area is 153 Å². The first-order chi connectivity index (χ1) is 12.1. The molecular formula is C16H31N5O5. The number of amides is 3. The number of carbonyl (C=O) groups excluding carboxylic acids is 3. The predicted octanol–water partition coefficient (Wildman–Crippen LogP) is -1.71. The molecule has 0 heterocycles. The van der Waals surface area contributed by atoms with Gasteiger partial charge in [-0.05, 0) is 32.2 Å². The molecule has 0 aromatic carbocycles. The first-order valence-corrected chi connectivity index (χ1v) is 8.66. The molecule has 0 fully saturated rings. The number of carbonyl (C=O) groups is 4. The molecular weight excluding hydrogens is 342 g/mol. The van der Waals surface area contributed by atoms with Crippen LogP contribution < -0.4 is 27.4 Å². The molecule has 10 nitrogen and oxygen atoms in total. The number of aliphatic carboxylic acids is 1. The van der Waals surface area contributed by atoms with E-state index in [1.54, 1.807) is 13.8 Å². The minimum atomic E-state index is -1.18. The van der Waals surface area contributed by atoms with Crippen LogP contribution in [0.5, 0.6) is 0 Å². The number of hydrogen-bond donors (Lipinski definition) is 6. The van der Waals surface area contributed by atoms with Crippen LogP contribution in [-0.2, 0) is 19.2 Å². The molecule has 8 N–H and O–H groups in total. The highest BCUT2D eigenvalue weighted by molar-refractivity contribution is 5.92. The van der Waals surface area contributed by atoms with Crippen LogP contribution in [0.3, 0.4) is 0 Å². The molecule has 0 aliphatic carbocycles. The van der Waals surface area contributed by atoms with Crippen LogP contribution >= 0.6 is 0 Å². The van der Waals surface area contributed by atoms with E-state index in [1.807, 2.05) is 0 Å². The molecule has 0 aromatic rings. The normalized spacial score (nSPS) is 14.2. The van der Waals surface area contributed by atoms with Crippen molar-refractivity contribution in [2.75, 3.05) is 13.1 Å². The van der Waals surface area contributed by atoms with Gasteiger partial charge in [0.25, 0.3) is 0 Å². The Hall–Kier alpha value is -2.20. The molecule has 0 spiro atoms. The van der Waals surface area contributed by atoms with Gasteiger partial charge in [0.1, 0.15) is 12.1 Å². The Morgan fingerprint density at radius 2 is 1.62 bits per heavy atom. The number of rotatable bonds is 12. The van der Waals surface area contributed by atoms with Gasteiger partial charge < -0.3 is 32.5 Å². The van der Waals surface area contributed by atoms with Gasteiger partial charge >= 0.3 is 5.97 Å². The van der Waals surface area contributed by atoms with E-state index in [0.717, 1.165) is 6.42 Å². The van der Waals surface area contributed by atoms with Gasteiger partial charge in [0.05, 0.1) is 12.6 Å². The largest absolute Gasteiger partial charge is 0.480 e. The number of hydrogen-bond acceptors (Lipinski definition) is 6. The molecule has 0 aliphatic rings. The van der Waals surface area contributed by atoms with Crippen LogP contribution in [0.2, 0.25) is 0 Å². The summed E-state index contributed by atoms with van der Waals surface area (Å²) in [6.45, 7) is 4.94. The van der Waals surface area contributed by atoms with Crippen molar-refractivity contribution in [2.45, 2.75) is 58.2 Å². The zero-order valence-electron chi connectivity index (χ0n) is 15.6. The lowest BCUT2D eigenvalue weighted by Gasteiger charge is -2.23.